The second kappa shape index (κ2) is 5.58. The van der Waals surface area contributed by atoms with E-state index in [1.165, 1.54) is 0 Å². The largest absolute Gasteiger partial charge is 0.330 e. The van der Waals surface area contributed by atoms with Crippen LogP contribution in [0.3, 0.4) is 0 Å². The average Bonchev–Trinajstić information content (AvgIpc) is 2.97. The summed E-state index contributed by atoms with van der Waals surface area (Å²) in [6, 6.07) is 1.81. The third kappa shape index (κ3) is 2.51. The Labute approximate surface area is 117 Å². The summed E-state index contributed by atoms with van der Waals surface area (Å²) in [6.07, 6.45) is 7.30. The standard InChI is InChI=1S/C14H19N5O/c15-7-9-1-3-10(4-2-9)14(20)18-12-5-6-16-13-11(12)8-17-19-13/h5-6,8-10H,1-4,7,15H2,(H2,16,17,18,19,20)/t9-,10-. The number of nitrogens with zero attached hydrogens (tertiary/aromatic N) is 2. The highest BCUT2D eigenvalue weighted by Gasteiger charge is 2.25. The van der Waals surface area contributed by atoms with E-state index in [2.05, 4.69) is 20.5 Å². The number of hydrogen-bond donors (Lipinski definition) is 3. The highest BCUT2D eigenvalue weighted by atomic mass is 16.1. The number of amides is 1. The summed E-state index contributed by atoms with van der Waals surface area (Å²) in [5.74, 6) is 0.766. The summed E-state index contributed by atoms with van der Waals surface area (Å²) in [7, 11) is 0. The number of nitrogens with one attached hydrogen (secondary N) is 2. The second-order valence-electron chi connectivity index (χ2n) is 5.43. The maximum atomic E-state index is 12.3. The Bertz CT molecular complexity index is 600. The van der Waals surface area contributed by atoms with Gasteiger partial charge in [-0.2, -0.15) is 5.10 Å². The maximum absolute atomic E-state index is 12.3. The molecular weight excluding hydrogens is 254 g/mol. The second-order valence-corrected chi connectivity index (χ2v) is 5.43. The third-order valence-corrected chi connectivity index (χ3v) is 4.16. The lowest BCUT2D eigenvalue weighted by Gasteiger charge is -2.26. The molecule has 0 aliphatic heterocycles. The van der Waals surface area contributed by atoms with Gasteiger partial charge in [-0.25, -0.2) is 4.98 Å². The van der Waals surface area contributed by atoms with E-state index in [9.17, 15) is 4.79 Å². The molecule has 0 atom stereocenters. The van der Waals surface area contributed by atoms with Gasteiger partial charge >= 0.3 is 0 Å². The van der Waals surface area contributed by atoms with E-state index in [1.807, 2.05) is 0 Å². The topological polar surface area (TPSA) is 96.7 Å². The van der Waals surface area contributed by atoms with Gasteiger partial charge in [-0.3, -0.25) is 9.89 Å². The number of nitrogens with two attached hydrogens (primary N) is 1. The number of carbonyl (C=O) groups is 1. The van der Waals surface area contributed by atoms with Crippen molar-refractivity contribution in [3.63, 3.8) is 0 Å². The molecule has 20 heavy (non-hydrogen) atoms. The minimum atomic E-state index is 0.0907. The van der Waals surface area contributed by atoms with Crippen molar-refractivity contribution in [1.82, 2.24) is 15.2 Å². The Morgan fingerprint density at radius 3 is 2.95 bits per heavy atom. The molecular formula is C14H19N5O. The molecule has 1 aliphatic rings. The van der Waals surface area contributed by atoms with Crippen molar-refractivity contribution in [2.75, 3.05) is 11.9 Å². The van der Waals surface area contributed by atoms with E-state index in [0.717, 1.165) is 43.3 Å². The van der Waals surface area contributed by atoms with E-state index >= 15 is 0 Å². The predicted molar refractivity (Wildman–Crippen MR) is 77.0 cm³/mol. The minimum Gasteiger partial charge on any atom is -0.330 e. The molecule has 2 aromatic rings. The molecule has 0 spiro atoms. The number of H-pyrrole nitrogens is 1. The van der Waals surface area contributed by atoms with Crippen LogP contribution in [0, 0.1) is 11.8 Å². The first-order valence-corrected chi connectivity index (χ1v) is 7.07. The van der Waals surface area contributed by atoms with Gasteiger partial charge in [-0.1, -0.05) is 0 Å². The molecule has 0 radical (unpaired) electrons. The molecule has 0 aromatic carbocycles. The smallest absolute Gasteiger partial charge is 0.227 e. The van der Waals surface area contributed by atoms with Crippen LogP contribution in [-0.4, -0.2) is 27.6 Å². The number of hydrogen-bond acceptors (Lipinski definition) is 4. The van der Waals surface area contributed by atoms with Gasteiger partial charge < -0.3 is 11.1 Å². The first kappa shape index (κ1) is 13.1. The Morgan fingerprint density at radius 1 is 1.40 bits per heavy atom. The third-order valence-electron chi connectivity index (χ3n) is 4.16. The Kier molecular flexibility index (Phi) is 3.64. The predicted octanol–water partition coefficient (Wildman–Crippen LogP) is 1.66. The zero-order valence-corrected chi connectivity index (χ0v) is 11.3. The van der Waals surface area contributed by atoms with Crippen LogP contribution in [0.1, 0.15) is 25.7 Å². The SMILES string of the molecule is NC[C@H]1CC[C@H](C(=O)Nc2ccnc3[nH]ncc23)CC1. The Hall–Kier alpha value is -1.95. The van der Waals surface area contributed by atoms with Gasteiger partial charge in [0.05, 0.1) is 17.3 Å². The number of pyridine rings is 1. The van der Waals surface area contributed by atoms with Crippen LogP contribution in [0.2, 0.25) is 0 Å². The lowest BCUT2D eigenvalue weighted by molar-refractivity contribution is -0.121. The quantitative estimate of drug-likeness (QED) is 0.792. The van der Waals surface area contributed by atoms with Crippen molar-refractivity contribution >= 4 is 22.6 Å². The van der Waals surface area contributed by atoms with Crippen molar-refractivity contribution in [3.05, 3.63) is 18.5 Å². The molecule has 0 saturated heterocycles. The van der Waals surface area contributed by atoms with Crippen molar-refractivity contribution in [3.8, 4) is 0 Å². The van der Waals surface area contributed by atoms with Crippen molar-refractivity contribution in [1.29, 1.82) is 0 Å². The molecule has 0 bridgehead atoms. The van der Waals surface area contributed by atoms with Crippen molar-refractivity contribution < 1.29 is 4.79 Å². The van der Waals surface area contributed by atoms with Crippen molar-refractivity contribution in [2.24, 2.45) is 17.6 Å². The average molecular weight is 273 g/mol. The summed E-state index contributed by atoms with van der Waals surface area (Å²) in [4.78, 5) is 16.5. The lowest BCUT2D eigenvalue weighted by Crippen LogP contribution is -2.29. The number of aromatic nitrogens is 3. The molecule has 0 unspecified atom stereocenters. The fourth-order valence-corrected chi connectivity index (χ4v) is 2.86. The van der Waals surface area contributed by atoms with Crippen LogP contribution in [-0.2, 0) is 4.79 Å². The van der Waals surface area contributed by atoms with E-state index in [-0.39, 0.29) is 11.8 Å². The normalized spacial score (nSPS) is 22.9. The molecule has 2 heterocycles. The number of carbonyl (C=O) groups excluding carboxylic acids is 1. The lowest BCUT2D eigenvalue weighted by atomic mass is 9.81. The maximum Gasteiger partial charge on any atom is 0.227 e. The minimum absolute atomic E-state index is 0.0907. The van der Waals surface area contributed by atoms with Gasteiger partial charge in [-0.05, 0) is 44.2 Å². The van der Waals surface area contributed by atoms with Crippen LogP contribution < -0.4 is 11.1 Å². The van der Waals surface area contributed by atoms with Gasteiger partial charge in [0.2, 0.25) is 5.91 Å². The van der Waals surface area contributed by atoms with Crippen molar-refractivity contribution in [2.45, 2.75) is 25.7 Å². The summed E-state index contributed by atoms with van der Waals surface area (Å²) in [5.41, 5.74) is 7.14. The molecule has 1 aliphatic carbocycles. The van der Waals surface area contributed by atoms with Crippen LogP contribution in [0.4, 0.5) is 5.69 Å². The van der Waals surface area contributed by atoms with Crippen LogP contribution in [0.25, 0.3) is 11.0 Å². The Morgan fingerprint density at radius 2 is 2.20 bits per heavy atom. The highest BCUT2D eigenvalue weighted by Crippen LogP contribution is 2.29. The van der Waals surface area contributed by atoms with Crippen LogP contribution in [0.15, 0.2) is 18.5 Å². The highest BCUT2D eigenvalue weighted by molar-refractivity contribution is 6.00. The molecule has 1 fully saturated rings. The monoisotopic (exact) mass is 273 g/mol. The molecule has 1 saturated carbocycles. The molecule has 6 heteroatoms. The van der Waals surface area contributed by atoms with Gasteiger partial charge in [0.15, 0.2) is 5.65 Å². The number of fused-ring (bicyclic) bond motifs is 1. The first-order valence-electron chi connectivity index (χ1n) is 7.07. The zero-order valence-electron chi connectivity index (χ0n) is 11.3. The number of anilines is 1. The molecule has 3 rings (SSSR count). The molecule has 1 amide bonds. The summed E-state index contributed by atoms with van der Waals surface area (Å²) < 4.78 is 0. The van der Waals surface area contributed by atoms with E-state index in [4.69, 9.17) is 5.73 Å². The first-order chi connectivity index (χ1) is 9.78. The van der Waals surface area contributed by atoms with Gasteiger partial charge in [0.25, 0.3) is 0 Å². The zero-order chi connectivity index (χ0) is 13.9. The molecule has 106 valence electrons. The molecule has 6 nitrogen and oxygen atoms in total. The van der Waals surface area contributed by atoms with E-state index < -0.39 is 0 Å². The van der Waals surface area contributed by atoms with Gasteiger partial charge in [0, 0.05) is 12.1 Å². The number of rotatable bonds is 3. The summed E-state index contributed by atoms with van der Waals surface area (Å²) >= 11 is 0. The Balaban J connectivity index is 1.69. The van der Waals surface area contributed by atoms with E-state index in [0.29, 0.717) is 11.6 Å². The summed E-state index contributed by atoms with van der Waals surface area (Å²) in [5, 5.41) is 10.6. The van der Waals surface area contributed by atoms with Gasteiger partial charge in [-0.15, -0.1) is 0 Å². The van der Waals surface area contributed by atoms with Crippen LogP contribution >= 0.6 is 0 Å². The molecule has 2 aromatic heterocycles. The fraction of sp³-hybridized carbons (Fsp3) is 0.500. The van der Waals surface area contributed by atoms with Crippen LogP contribution in [0.5, 0.6) is 0 Å². The van der Waals surface area contributed by atoms with E-state index in [1.54, 1.807) is 18.5 Å². The molecule has 4 N–H and O–H groups in total. The van der Waals surface area contributed by atoms with Gasteiger partial charge in [0.1, 0.15) is 0 Å². The summed E-state index contributed by atoms with van der Waals surface area (Å²) in [6.45, 7) is 0.730. The number of aromatic amines is 1. The fourth-order valence-electron chi connectivity index (χ4n) is 2.86.